The molecule has 0 spiro atoms. The molecule has 4 aromatic rings. The van der Waals surface area contributed by atoms with Crippen LogP contribution >= 0.6 is 0 Å². The molecule has 0 aliphatic heterocycles. The van der Waals surface area contributed by atoms with E-state index in [1.54, 1.807) is 49.4 Å². The minimum Gasteiger partial charge on any atom is -0.358 e. The zero-order valence-corrected chi connectivity index (χ0v) is 16.1. The fourth-order valence-electron chi connectivity index (χ4n) is 3.25. The zero-order valence-electron chi connectivity index (χ0n) is 16.1. The first-order chi connectivity index (χ1) is 14.5. The summed E-state index contributed by atoms with van der Waals surface area (Å²) in [4.78, 5) is 44.7. The lowest BCUT2D eigenvalue weighted by molar-refractivity contribution is -0.112. The van der Waals surface area contributed by atoms with Crippen LogP contribution in [0.15, 0.2) is 73.1 Å². The number of nitrogens with one attached hydrogen (secondary N) is 3. The Hall–Kier alpha value is -4.26. The Morgan fingerprint density at radius 1 is 0.867 bits per heavy atom. The lowest BCUT2D eigenvalue weighted by Gasteiger charge is -2.09. The molecule has 7 nitrogen and oxygen atoms in total. The molecule has 148 valence electrons. The lowest BCUT2D eigenvalue weighted by atomic mass is 10.1. The monoisotopic (exact) mass is 398 g/mol. The number of carbonyl (C=O) groups excluding carboxylic acids is 3. The molecule has 0 radical (unpaired) electrons. The van der Waals surface area contributed by atoms with Crippen LogP contribution in [0.5, 0.6) is 0 Å². The van der Waals surface area contributed by atoms with Crippen molar-refractivity contribution >= 4 is 39.9 Å². The third-order valence-corrected chi connectivity index (χ3v) is 4.65. The standard InChI is InChI=1S/C23H18N4O3/c1-14-20(18-7-2-3-8-19(18)25-14)21(28)23(30)27-17-6-4-5-16(13-17)26-22(29)15-9-11-24-12-10-15/h2-13,25H,1H3,(H,26,29)(H,27,30). The molecule has 30 heavy (non-hydrogen) atoms. The maximum absolute atomic E-state index is 12.8. The molecule has 0 saturated heterocycles. The van der Waals surface area contributed by atoms with Gasteiger partial charge in [0.1, 0.15) is 0 Å². The van der Waals surface area contributed by atoms with Gasteiger partial charge in [-0.3, -0.25) is 19.4 Å². The maximum Gasteiger partial charge on any atom is 0.296 e. The molecule has 0 fully saturated rings. The summed E-state index contributed by atoms with van der Waals surface area (Å²) in [6, 6.07) is 17.1. The smallest absolute Gasteiger partial charge is 0.296 e. The summed E-state index contributed by atoms with van der Waals surface area (Å²) in [6.45, 7) is 1.76. The summed E-state index contributed by atoms with van der Waals surface area (Å²) in [5.41, 5.74) is 3.14. The van der Waals surface area contributed by atoms with Gasteiger partial charge in [-0.2, -0.15) is 0 Å². The number of amides is 2. The van der Waals surface area contributed by atoms with E-state index in [1.807, 2.05) is 18.2 Å². The number of carbonyl (C=O) groups is 3. The van der Waals surface area contributed by atoms with E-state index < -0.39 is 11.7 Å². The van der Waals surface area contributed by atoms with Crippen LogP contribution < -0.4 is 10.6 Å². The van der Waals surface area contributed by atoms with Gasteiger partial charge in [-0.1, -0.05) is 24.3 Å². The van der Waals surface area contributed by atoms with Gasteiger partial charge in [0.05, 0.1) is 5.56 Å². The van der Waals surface area contributed by atoms with Gasteiger partial charge in [0.25, 0.3) is 17.6 Å². The average molecular weight is 398 g/mol. The summed E-state index contributed by atoms with van der Waals surface area (Å²) in [6.07, 6.45) is 3.06. The van der Waals surface area contributed by atoms with Gasteiger partial charge in [0.2, 0.25) is 0 Å². The van der Waals surface area contributed by atoms with Gasteiger partial charge in [0.15, 0.2) is 0 Å². The number of ketones is 1. The summed E-state index contributed by atoms with van der Waals surface area (Å²) in [5, 5.41) is 6.07. The Labute approximate surface area is 172 Å². The van der Waals surface area contributed by atoms with Gasteiger partial charge in [-0.25, -0.2) is 0 Å². The summed E-state index contributed by atoms with van der Waals surface area (Å²) < 4.78 is 0. The number of anilines is 2. The van der Waals surface area contributed by atoms with Crippen LogP contribution in [0.1, 0.15) is 26.4 Å². The number of aromatic nitrogens is 2. The number of aromatic amines is 1. The molecular formula is C23H18N4O3. The first kappa shape index (κ1) is 19.1. The highest BCUT2D eigenvalue weighted by Gasteiger charge is 2.22. The number of nitrogens with zero attached hydrogens (tertiary/aromatic N) is 1. The van der Waals surface area contributed by atoms with Gasteiger partial charge in [-0.05, 0) is 43.3 Å². The number of para-hydroxylation sites is 1. The first-order valence-corrected chi connectivity index (χ1v) is 9.27. The molecule has 0 atom stereocenters. The van der Waals surface area contributed by atoms with Gasteiger partial charge in [-0.15, -0.1) is 0 Å². The van der Waals surface area contributed by atoms with Crippen molar-refractivity contribution in [1.29, 1.82) is 0 Å². The van der Waals surface area contributed by atoms with Gasteiger partial charge in [0, 0.05) is 45.9 Å². The average Bonchev–Trinajstić information content (AvgIpc) is 3.09. The quantitative estimate of drug-likeness (QED) is 0.350. The van der Waals surface area contributed by atoms with E-state index >= 15 is 0 Å². The molecule has 3 N–H and O–H groups in total. The molecule has 0 unspecified atom stereocenters. The molecular weight excluding hydrogens is 380 g/mol. The molecule has 4 rings (SSSR count). The summed E-state index contributed by atoms with van der Waals surface area (Å²) in [7, 11) is 0. The first-order valence-electron chi connectivity index (χ1n) is 9.27. The number of pyridine rings is 1. The SMILES string of the molecule is Cc1[nH]c2ccccc2c1C(=O)C(=O)Nc1cccc(NC(=O)c2ccncc2)c1. The second-order valence-electron chi connectivity index (χ2n) is 6.72. The van der Waals surface area contributed by atoms with Crippen molar-refractivity contribution in [3.05, 3.63) is 89.9 Å². The van der Waals surface area contributed by atoms with E-state index in [9.17, 15) is 14.4 Å². The zero-order chi connectivity index (χ0) is 21.1. The predicted molar refractivity (Wildman–Crippen MR) is 115 cm³/mol. The number of hydrogen-bond acceptors (Lipinski definition) is 4. The van der Waals surface area contributed by atoms with Crippen LogP contribution in [0, 0.1) is 6.92 Å². The topological polar surface area (TPSA) is 104 Å². The lowest BCUT2D eigenvalue weighted by Crippen LogP contribution is -2.23. The van der Waals surface area contributed by atoms with Crippen molar-refractivity contribution in [2.75, 3.05) is 10.6 Å². The van der Waals surface area contributed by atoms with E-state index in [1.165, 1.54) is 12.4 Å². The molecule has 0 aliphatic rings. The highest BCUT2D eigenvalue weighted by atomic mass is 16.2. The maximum atomic E-state index is 12.8. The Morgan fingerprint density at radius 2 is 1.57 bits per heavy atom. The Bertz CT molecular complexity index is 1260. The van der Waals surface area contributed by atoms with Crippen molar-refractivity contribution < 1.29 is 14.4 Å². The molecule has 0 saturated carbocycles. The number of aryl methyl sites for hydroxylation is 1. The number of H-pyrrole nitrogens is 1. The van der Waals surface area contributed by atoms with Crippen LogP contribution in [0.3, 0.4) is 0 Å². The van der Waals surface area contributed by atoms with Crippen molar-refractivity contribution in [1.82, 2.24) is 9.97 Å². The van der Waals surface area contributed by atoms with E-state index in [2.05, 4.69) is 20.6 Å². The minimum absolute atomic E-state index is 0.300. The third kappa shape index (κ3) is 3.81. The number of rotatable bonds is 5. The summed E-state index contributed by atoms with van der Waals surface area (Å²) in [5.74, 6) is -1.68. The van der Waals surface area contributed by atoms with Crippen LogP contribution in [-0.4, -0.2) is 27.6 Å². The minimum atomic E-state index is -0.750. The normalized spacial score (nSPS) is 10.6. The summed E-state index contributed by atoms with van der Waals surface area (Å²) >= 11 is 0. The van der Waals surface area contributed by atoms with Crippen LogP contribution in [-0.2, 0) is 4.79 Å². The molecule has 0 aliphatic carbocycles. The second-order valence-corrected chi connectivity index (χ2v) is 6.72. The fourth-order valence-corrected chi connectivity index (χ4v) is 3.25. The number of benzene rings is 2. The predicted octanol–water partition coefficient (Wildman–Crippen LogP) is 3.95. The van der Waals surface area contributed by atoms with E-state index in [4.69, 9.17) is 0 Å². The molecule has 7 heteroatoms. The third-order valence-electron chi connectivity index (χ3n) is 4.65. The second kappa shape index (κ2) is 8.00. The van der Waals surface area contributed by atoms with Crippen LogP contribution in [0.2, 0.25) is 0 Å². The molecule has 0 bridgehead atoms. The van der Waals surface area contributed by atoms with Crippen molar-refractivity contribution in [3.8, 4) is 0 Å². The molecule has 2 aromatic heterocycles. The van der Waals surface area contributed by atoms with E-state index in [0.29, 0.717) is 33.6 Å². The number of fused-ring (bicyclic) bond motifs is 1. The van der Waals surface area contributed by atoms with Crippen LogP contribution in [0.4, 0.5) is 11.4 Å². The fraction of sp³-hybridized carbons (Fsp3) is 0.0435. The highest BCUT2D eigenvalue weighted by molar-refractivity contribution is 6.48. The Balaban J connectivity index is 1.51. The van der Waals surface area contributed by atoms with E-state index in [-0.39, 0.29) is 5.91 Å². The van der Waals surface area contributed by atoms with Crippen molar-refractivity contribution in [2.45, 2.75) is 6.92 Å². The highest BCUT2D eigenvalue weighted by Crippen LogP contribution is 2.23. The molecule has 2 aromatic carbocycles. The van der Waals surface area contributed by atoms with Crippen molar-refractivity contribution in [3.63, 3.8) is 0 Å². The molecule has 2 amide bonds. The number of Topliss-reactive ketones (excluding diaryl/α,β-unsaturated/α-hetero) is 1. The Morgan fingerprint density at radius 3 is 2.33 bits per heavy atom. The van der Waals surface area contributed by atoms with E-state index in [0.717, 1.165) is 5.52 Å². The van der Waals surface area contributed by atoms with Gasteiger partial charge >= 0.3 is 0 Å². The van der Waals surface area contributed by atoms with Crippen LogP contribution in [0.25, 0.3) is 10.9 Å². The van der Waals surface area contributed by atoms with Crippen molar-refractivity contribution in [2.24, 2.45) is 0 Å². The van der Waals surface area contributed by atoms with Gasteiger partial charge < -0.3 is 15.6 Å². The Kier molecular flexibility index (Phi) is 5.09. The molecule has 2 heterocycles. The number of hydrogen-bond donors (Lipinski definition) is 3. The largest absolute Gasteiger partial charge is 0.358 e.